The average Bonchev–Trinajstić information content (AvgIpc) is 2.36. The molecule has 0 aliphatic rings. The summed E-state index contributed by atoms with van der Waals surface area (Å²) in [6.45, 7) is 1.84. The molecule has 3 nitrogen and oxygen atoms in total. The van der Waals surface area contributed by atoms with Gasteiger partial charge in [-0.3, -0.25) is 4.79 Å². The molecule has 0 aliphatic carbocycles. The van der Waals surface area contributed by atoms with Gasteiger partial charge in [-0.1, -0.05) is 29.8 Å². The fourth-order valence-corrected chi connectivity index (χ4v) is 1.89. The van der Waals surface area contributed by atoms with Gasteiger partial charge >= 0.3 is 0 Å². The third-order valence-corrected chi connectivity index (χ3v) is 2.78. The Kier molecular flexibility index (Phi) is 3.53. The number of anilines is 1. The molecule has 0 aliphatic heterocycles. The second-order valence-corrected chi connectivity index (χ2v) is 4.37. The molecule has 2 N–H and O–H groups in total. The topological polar surface area (TPSA) is 49.3 Å². The molecular formula is C14H12ClNO2. The number of aromatic hydroxyl groups is 1. The molecule has 0 unspecified atom stereocenters. The lowest BCUT2D eigenvalue weighted by Gasteiger charge is -2.09. The van der Waals surface area contributed by atoms with Gasteiger partial charge in [-0.15, -0.1) is 0 Å². The molecule has 0 saturated heterocycles. The number of hydrogen-bond donors (Lipinski definition) is 2. The van der Waals surface area contributed by atoms with Crippen LogP contribution >= 0.6 is 11.6 Å². The van der Waals surface area contributed by atoms with Crippen molar-refractivity contribution in [3.05, 3.63) is 58.6 Å². The number of phenols is 1. The molecule has 0 fully saturated rings. The van der Waals surface area contributed by atoms with Crippen molar-refractivity contribution in [2.24, 2.45) is 0 Å². The van der Waals surface area contributed by atoms with E-state index in [1.807, 2.05) is 13.0 Å². The lowest BCUT2D eigenvalue weighted by Crippen LogP contribution is -2.11. The zero-order chi connectivity index (χ0) is 13.1. The van der Waals surface area contributed by atoms with Crippen LogP contribution in [0.3, 0.4) is 0 Å². The maximum atomic E-state index is 11.9. The number of halogens is 1. The summed E-state index contributed by atoms with van der Waals surface area (Å²) in [5.74, 6) is -0.404. The Hall–Kier alpha value is -2.00. The van der Waals surface area contributed by atoms with E-state index in [4.69, 9.17) is 11.6 Å². The first-order valence-electron chi connectivity index (χ1n) is 5.43. The van der Waals surface area contributed by atoms with Crippen LogP contribution in [0.1, 0.15) is 15.9 Å². The van der Waals surface area contributed by atoms with Gasteiger partial charge in [-0.25, -0.2) is 0 Å². The van der Waals surface area contributed by atoms with Crippen molar-refractivity contribution in [3.8, 4) is 5.75 Å². The number of phenolic OH excluding ortho intramolecular Hbond substituents is 1. The average molecular weight is 262 g/mol. The Morgan fingerprint density at radius 3 is 2.56 bits per heavy atom. The lowest BCUT2D eigenvalue weighted by atomic mass is 10.1. The minimum Gasteiger partial charge on any atom is -0.504 e. The van der Waals surface area contributed by atoms with Gasteiger partial charge in [-0.05, 0) is 36.8 Å². The zero-order valence-corrected chi connectivity index (χ0v) is 10.5. The van der Waals surface area contributed by atoms with Gasteiger partial charge in [0.05, 0.1) is 10.7 Å². The number of carbonyl (C=O) groups is 1. The van der Waals surface area contributed by atoms with Gasteiger partial charge in [0, 0.05) is 5.56 Å². The van der Waals surface area contributed by atoms with E-state index in [1.54, 1.807) is 36.4 Å². The highest BCUT2D eigenvalue weighted by atomic mass is 35.5. The number of rotatable bonds is 2. The van der Waals surface area contributed by atoms with E-state index in [-0.39, 0.29) is 16.7 Å². The van der Waals surface area contributed by atoms with Crippen LogP contribution < -0.4 is 5.32 Å². The molecule has 0 atom stereocenters. The van der Waals surface area contributed by atoms with Crippen LogP contribution in [0.15, 0.2) is 42.5 Å². The fourth-order valence-electron chi connectivity index (χ4n) is 1.61. The number of hydrogen-bond acceptors (Lipinski definition) is 2. The molecule has 2 aromatic carbocycles. The maximum Gasteiger partial charge on any atom is 0.255 e. The number of amides is 1. The minimum atomic E-state index is -0.285. The van der Waals surface area contributed by atoms with E-state index in [2.05, 4.69) is 5.32 Å². The summed E-state index contributed by atoms with van der Waals surface area (Å²) in [7, 11) is 0. The van der Waals surface area contributed by atoms with Crippen LogP contribution in [-0.2, 0) is 0 Å². The van der Waals surface area contributed by atoms with Gasteiger partial charge in [0.2, 0.25) is 0 Å². The maximum absolute atomic E-state index is 11.9. The Morgan fingerprint density at radius 2 is 1.89 bits per heavy atom. The van der Waals surface area contributed by atoms with Crippen molar-refractivity contribution >= 4 is 23.2 Å². The van der Waals surface area contributed by atoms with Crippen LogP contribution in [-0.4, -0.2) is 11.0 Å². The molecule has 92 valence electrons. The summed E-state index contributed by atoms with van der Waals surface area (Å²) in [5, 5.41) is 12.6. The number of benzene rings is 2. The second-order valence-electron chi connectivity index (χ2n) is 3.96. The largest absolute Gasteiger partial charge is 0.504 e. The number of nitrogens with one attached hydrogen (secondary N) is 1. The van der Waals surface area contributed by atoms with Gasteiger partial charge in [-0.2, -0.15) is 0 Å². The molecule has 2 aromatic rings. The van der Waals surface area contributed by atoms with Crippen molar-refractivity contribution in [3.63, 3.8) is 0 Å². The van der Waals surface area contributed by atoms with E-state index in [9.17, 15) is 9.90 Å². The quantitative estimate of drug-likeness (QED) is 0.812. The van der Waals surface area contributed by atoms with Crippen LogP contribution in [0.25, 0.3) is 0 Å². The van der Waals surface area contributed by atoms with E-state index in [1.165, 1.54) is 0 Å². The number of carbonyl (C=O) groups excluding carboxylic acids is 1. The molecular weight excluding hydrogens is 250 g/mol. The Labute approximate surface area is 110 Å². The zero-order valence-electron chi connectivity index (χ0n) is 9.77. The molecule has 18 heavy (non-hydrogen) atoms. The van der Waals surface area contributed by atoms with Crippen LogP contribution in [0.4, 0.5) is 5.69 Å². The standard InChI is InChI=1S/C14H12ClNO2/c1-9-7-11(15)13(17)12(8-9)16-14(18)10-5-3-2-4-6-10/h2-8,17H,1H3,(H,16,18). The van der Waals surface area contributed by atoms with Crippen molar-refractivity contribution in [1.82, 2.24) is 0 Å². The first-order valence-corrected chi connectivity index (χ1v) is 5.81. The molecule has 0 aromatic heterocycles. The third-order valence-electron chi connectivity index (χ3n) is 2.49. The van der Waals surface area contributed by atoms with Crippen molar-refractivity contribution in [2.45, 2.75) is 6.92 Å². The smallest absolute Gasteiger partial charge is 0.255 e. The minimum absolute atomic E-state index is 0.119. The third kappa shape index (κ3) is 2.63. The SMILES string of the molecule is Cc1cc(Cl)c(O)c(NC(=O)c2ccccc2)c1. The van der Waals surface area contributed by atoms with E-state index in [0.29, 0.717) is 11.3 Å². The van der Waals surface area contributed by atoms with Gasteiger partial charge < -0.3 is 10.4 Å². The normalized spacial score (nSPS) is 10.1. The molecule has 0 spiro atoms. The molecule has 0 bridgehead atoms. The molecule has 2 rings (SSSR count). The summed E-state index contributed by atoms with van der Waals surface area (Å²) in [4.78, 5) is 11.9. The predicted octanol–water partition coefficient (Wildman–Crippen LogP) is 3.61. The summed E-state index contributed by atoms with van der Waals surface area (Å²) in [5.41, 5.74) is 1.70. The summed E-state index contributed by atoms with van der Waals surface area (Å²) in [6, 6.07) is 12.1. The summed E-state index contributed by atoms with van der Waals surface area (Å²) < 4.78 is 0. The van der Waals surface area contributed by atoms with Crippen molar-refractivity contribution in [1.29, 1.82) is 0 Å². The highest BCUT2D eigenvalue weighted by Crippen LogP contribution is 2.33. The van der Waals surface area contributed by atoms with Crippen LogP contribution in [0, 0.1) is 6.92 Å². The second kappa shape index (κ2) is 5.10. The van der Waals surface area contributed by atoms with Crippen molar-refractivity contribution < 1.29 is 9.90 Å². The summed E-state index contributed by atoms with van der Waals surface area (Å²) >= 11 is 5.85. The first kappa shape index (κ1) is 12.5. The summed E-state index contributed by atoms with van der Waals surface area (Å²) in [6.07, 6.45) is 0. The molecule has 0 heterocycles. The molecule has 1 amide bonds. The molecule has 0 saturated carbocycles. The predicted molar refractivity (Wildman–Crippen MR) is 72.2 cm³/mol. The first-order chi connectivity index (χ1) is 8.58. The Balaban J connectivity index is 2.28. The van der Waals surface area contributed by atoms with Gasteiger partial charge in [0.15, 0.2) is 5.75 Å². The fraction of sp³-hybridized carbons (Fsp3) is 0.0714. The Morgan fingerprint density at radius 1 is 1.22 bits per heavy atom. The van der Waals surface area contributed by atoms with Gasteiger partial charge in [0.1, 0.15) is 0 Å². The van der Waals surface area contributed by atoms with Gasteiger partial charge in [0.25, 0.3) is 5.91 Å². The van der Waals surface area contributed by atoms with Crippen LogP contribution in [0.2, 0.25) is 5.02 Å². The highest BCUT2D eigenvalue weighted by molar-refractivity contribution is 6.32. The monoisotopic (exact) mass is 261 g/mol. The van der Waals surface area contributed by atoms with Crippen LogP contribution in [0.5, 0.6) is 5.75 Å². The molecule has 0 radical (unpaired) electrons. The Bertz CT molecular complexity index is 582. The molecule has 4 heteroatoms. The van der Waals surface area contributed by atoms with E-state index >= 15 is 0 Å². The van der Waals surface area contributed by atoms with E-state index in [0.717, 1.165) is 5.56 Å². The highest BCUT2D eigenvalue weighted by Gasteiger charge is 2.11. The number of aryl methyl sites for hydroxylation is 1. The van der Waals surface area contributed by atoms with E-state index < -0.39 is 0 Å². The van der Waals surface area contributed by atoms with Crippen molar-refractivity contribution in [2.75, 3.05) is 5.32 Å². The lowest BCUT2D eigenvalue weighted by molar-refractivity contribution is 0.102.